The predicted octanol–water partition coefficient (Wildman–Crippen LogP) is 1.61. The van der Waals surface area contributed by atoms with E-state index in [1.54, 1.807) is 7.11 Å². The van der Waals surface area contributed by atoms with Gasteiger partial charge in [0, 0.05) is 31.8 Å². The van der Waals surface area contributed by atoms with Gasteiger partial charge in [0.15, 0.2) is 0 Å². The monoisotopic (exact) mass is 214 g/mol. The molecule has 0 aromatic rings. The van der Waals surface area contributed by atoms with Gasteiger partial charge < -0.3 is 10.5 Å². The van der Waals surface area contributed by atoms with E-state index in [-0.39, 0.29) is 5.54 Å². The van der Waals surface area contributed by atoms with Crippen LogP contribution in [0, 0.1) is 0 Å². The van der Waals surface area contributed by atoms with Gasteiger partial charge in [-0.15, -0.1) is 0 Å². The Morgan fingerprint density at radius 1 is 1.40 bits per heavy atom. The molecule has 0 radical (unpaired) electrons. The second-order valence-electron chi connectivity index (χ2n) is 4.99. The molecule has 1 aliphatic carbocycles. The minimum atomic E-state index is 0.102. The summed E-state index contributed by atoms with van der Waals surface area (Å²) in [5.74, 6) is 0. The maximum atomic E-state index is 5.92. The molecule has 0 heterocycles. The van der Waals surface area contributed by atoms with Gasteiger partial charge in [0.2, 0.25) is 0 Å². The van der Waals surface area contributed by atoms with Crippen molar-refractivity contribution in [2.24, 2.45) is 5.73 Å². The maximum absolute atomic E-state index is 5.92. The van der Waals surface area contributed by atoms with E-state index in [1.165, 1.54) is 25.7 Å². The Labute approximate surface area is 94.0 Å². The SMILES string of the molecule is COCCC(C)(CN)N(C)C1CCCC1. The topological polar surface area (TPSA) is 38.5 Å². The van der Waals surface area contributed by atoms with Crippen molar-refractivity contribution in [3.05, 3.63) is 0 Å². The molecule has 15 heavy (non-hydrogen) atoms. The van der Waals surface area contributed by atoms with Gasteiger partial charge in [-0.2, -0.15) is 0 Å². The van der Waals surface area contributed by atoms with E-state index in [2.05, 4.69) is 18.9 Å². The number of nitrogens with zero attached hydrogens (tertiary/aromatic N) is 1. The van der Waals surface area contributed by atoms with E-state index in [0.717, 1.165) is 19.1 Å². The fourth-order valence-electron chi connectivity index (χ4n) is 2.48. The summed E-state index contributed by atoms with van der Waals surface area (Å²) in [5, 5.41) is 0. The van der Waals surface area contributed by atoms with Gasteiger partial charge in [0.05, 0.1) is 0 Å². The van der Waals surface area contributed by atoms with E-state index >= 15 is 0 Å². The minimum Gasteiger partial charge on any atom is -0.385 e. The summed E-state index contributed by atoms with van der Waals surface area (Å²) in [7, 11) is 3.98. The predicted molar refractivity (Wildman–Crippen MR) is 64.0 cm³/mol. The van der Waals surface area contributed by atoms with Gasteiger partial charge in [-0.3, -0.25) is 4.90 Å². The first-order valence-electron chi connectivity index (χ1n) is 6.06. The zero-order valence-corrected chi connectivity index (χ0v) is 10.5. The Morgan fingerprint density at radius 2 is 2.00 bits per heavy atom. The number of methoxy groups -OCH3 is 1. The molecule has 90 valence electrons. The summed E-state index contributed by atoms with van der Waals surface area (Å²) in [6, 6.07) is 0.732. The number of likely N-dealkylation sites (N-methyl/N-ethyl adjacent to an activating group) is 1. The average molecular weight is 214 g/mol. The molecule has 2 N–H and O–H groups in total. The van der Waals surface area contributed by atoms with E-state index in [0.29, 0.717) is 6.54 Å². The Morgan fingerprint density at radius 3 is 2.47 bits per heavy atom. The van der Waals surface area contributed by atoms with Gasteiger partial charge >= 0.3 is 0 Å². The van der Waals surface area contributed by atoms with Crippen LogP contribution in [0.5, 0.6) is 0 Å². The molecule has 1 rings (SSSR count). The third kappa shape index (κ3) is 3.16. The Bertz CT molecular complexity index is 180. The van der Waals surface area contributed by atoms with Crippen molar-refractivity contribution in [1.82, 2.24) is 4.90 Å². The third-order valence-electron chi connectivity index (χ3n) is 4.01. The highest BCUT2D eigenvalue weighted by atomic mass is 16.5. The van der Waals surface area contributed by atoms with Crippen LogP contribution < -0.4 is 5.73 Å². The summed E-state index contributed by atoms with van der Waals surface area (Å²) in [4.78, 5) is 2.49. The molecular weight excluding hydrogens is 188 g/mol. The largest absolute Gasteiger partial charge is 0.385 e. The molecule has 0 aromatic heterocycles. The second-order valence-corrected chi connectivity index (χ2v) is 4.99. The van der Waals surface area contributed by atoms with Crippen LogP contribution in [0.25, 0.3) is 0 Å². The van der Waals surface area contributed by atoms with Crippen LogP contribution in [-0.4, -0.2) is 43.8 Å². The highest BCUT2D eigenvalue weighted by molar-refractivity contribution is 4.90. The van der Waals surface area contributed by atoms with Crippen molar-refractivity contribution in [2.75, 3.05) is 27.3 Å². The summed E-state index contributed by atoms with van der Waals surface area (Å²) in [5.41, 5.74) is 6.02. The first-order chi connectivity index (χ1) is 7.14. The Hall–Kier alpha value is -0.120. The lowest BCUT2D eigenvalue weighted by molar-refractivity contribution is 0.0582. The van der Waals surface area contributed by atoms with Crippen LogP contribution in [0.1, 0.15) is 39.0 Å². The van der Waals surface area contributed by atoms with Crippen molar-refractivity contribution in [3.8, 4) is 0 Å². The van der Waals surface area contributed by atoms with Crippen molar-refractivity contribution in [2.45, 2.75) is 50.6 Å². The van der Waals surface area contributed by atoms with Crippen LogP contribution >= 0.6 is 0 Å². The van der Waals surface area contributed by atoms with Crippen molar-refractivity contribution in [3.63, 3.8) is 0 Å². The van der Waals surface area contributed by atoms with E-state index in [9.17, 15) is 0 Å². The van der Waals surface area contributed by atoms with Crippen molar-refractivity contribution >= 4 is 0 Å². The van der Waals surface area contributed by atoms with Crippen molar-refractivity contribution < 1.29 is 4.74 Å². The zero-order valence-electron chi connectivity index (χ0n) is 10.5. The Balaban J connectivity index is 2.53. The van der Waals surface area contributed by atoms with Crippen LogP contribution in [0.4, 0.5) is 0 Å². The summed E-state index contributed by atoms with van der Waals surface area (Å²) >= 11 is 0. The van der Waals surface area contributed by atoms with Gasteiger partial charge in [-0.1, -0.05) is 12.8 Å². The molecule has 1 unspecified atom stereocenters. The molecule has 1 aliphatic rings. The fraction of sp³-hybridized carbons (Fsp3) is 1.00. The van der Waals surface area contributed by atoms with Crippen LogP contribution in [0.2, 0.25) is 0 Å². The molecular formula is C12H26N2O. The minimum absolute atomic E-state index is 0.102. The standard InChI is InChI=1S/C12H26N2O/c1-12(10-13,8-9-15-3)14(2)11-6-4-5-7-11/h11H,4-10,13H2,1-3H3. The first-order valence-corrected chi connectivity index (χ1v) is 6.06. The smallest absolute Gasteiger partial charge is 0.0480 e. The molecule has 1 atom stereocenters. The fourth-order valence-corrected chi connectivity index (χ4v) is 2.48. The van der Waals surface area contributed by atoms with Crippen LogP contribution in [0.3, 0.4) is 0 Å². The highest BCUT2D eigenvalue weighted by Gasteiger charge is 2.33. The Kier molecular flexibility index (Phi) is 5.03. The molecule has 3 nitrogen and oxygen atoms in total. The highest BCUT2D eigenvalue weighted by Crippen LogP contribution is 2.29. The normalized spacial score (nSPS) is 22.2. The van der Waals surface area contributed by atoms with E-state index in [1.807, 2.05) is 0 Å². The summed E-state index contributed by atoms with van der Waals surface area (Å²) in [6.07, 6.45) is 6.44. The molecule has 1 saturated carbocycles. The van der Waals surface area contributed by atoms with Gasteiger partial charge in [0.25, 0.3) is 0 Å². The average Bonchev–Trinajstić information content (AvgIpc) is 2.78. The lowest BCUT2D eigenvalue weighted by Crippen LogP contribution is -2.53. The second kappa shape index (κ2) is 5.83. The maximum Gasteiger partial charge on any atom is 0.0480 e. The molecule has 0 amide bonds. The van der Waals surface area contributed by atoms with Crippen LogP contribution in [-0.2, 0) is 4.74 Å². The molecule has 0 spiro atoms. The van der Waals surface area contributed by atoms with Gasteiger partial charge in [0.1, 0.15) is 0 Å². The van der Waals surface area contributed by atoms with E-state index < -0.39 is 0 Å². The zero-order chi connectivity index (χ0) is 11.3. The molecule has 0 bridgehead atoms. The number of hydrogen-bond donors (Lipinski definition) is 1. The number of ether oxygens (including phenoxy) is 1. The molecule has 0 aromatic carbocycles. The molecule has 0 aliphatic heterocycles. The molecule has 0 saturated heterocycles. The molecule has 3 heteroatoms. The number of hydrogen-bond acceptors (Lipinski definition) is 3. The summed E-state index contributed by atoms with van der Waals surface area (Å²) in [6.45, 7) is 3.76. The van der Waals surface area contributed by atoms with Crippen molar-refractivity contribution in [1.29, 1.82) is 0 Å². The van der Waals surface area contributed by atoms with Gasteiger partial charge in [-0.25, -0.2) is 0 Å². The lowest BCUT2D eigenvalue weighted by Gasteiger charge is -2.42. The van der Waals surface area contributed by atoms with Gasteiger partial charge in [-0.05, 0) is 33.2 Å². The quantitative estimate of drug-likeness (QED) is 0.730. The first kappa shape index (κ1) is 12.9. The third-order valence-corrected chi connectivity index (χ3v) is 4.01. The lowest BCUT2D eigenvalue weighted by atomic mass is 9.94. The number of rotatable bonds is 6. The molecule has 1 fully saturated rings. The number of nitrogens with two attached hydrogens (primary N) is 1. The van der Waals surface area contributed by atoms with E-state index in [4.69, 9.17) is 10.5 Å². The van der Waals surface area contributed by atoms with Crippen LogP contribution in [0.15, 0.2) is 0 Å². The summed E-state index contributed by atoms with van der Waals surface area (Å²) < 4.78 is 5.17.